The van der Waals surface area contributed by atoms with Crippen LogP contribution in [0.3, 0.4) is 0 Å². The lowest BCUT2D eigenvalue weighted by atomic mass is 10.3. The molecule has 0 aliphatic carbocycles. The first kappa shape index (κ1) is 16.0. The van der Waals surface area contributed by atoms with E-state index in [2.05, 4.69) is 10.3 Å². The molecule has 1 aromatic rings. The largest absolute Gasteiger partial charge is 0.382 e. The van der Waals surface area contributed by atoms with Crippen molar-refractivity contribution in [2.24, 2.45) is 0 Å². The number of carbonyl (C=O) groups excluding carboxylic acids is 1. The minimum Gasteiger partial charge on any atom is -0.382 e. The highest BCUT2D eigenvalue weighted by molar-refractivity contribution is 7.91. The zero-order valence-electron chi connectivity index (χ0n) is 12.1. The molecule has 1 aromatic heterocycles. The van der Waals surface area contributed by atoms with E-state index in [9.17, 15) is 13.2 Å². The molecule has 0 bridgehead atoms. The molecule has 0 radical (unpaired) electrons. The van der Waals surface area contributed by atoms with Gasteiger partial charge in [-0.2, -0.15) is 0 Å². The number of thiazole rings is 1. The lowest BCUT2D eigenvalue weighted by Crippen LogP contribution is -2.49. The third-order valence-corrected chi connectivity index (χ3v) is 6.12. The summed E-state index contributed by atoms with van der Waals surface area (Å²) in [5.41, 5.74) is 5.81. The lowest BCUT2D eigenvalue weighted by Gasteiger charge is -2.32. The standard InChI is InChI=1S/C12H20N4O3S2/c1-3-4-14-12-15-10(13)9(20-12)11(17)16-5-6-21(18,19)7-8(16)2/h8H,3-7,13H2,1-2H3,(H,14,15). The molecule has 9 heteroatoms. The van der Waals surface area contributed by atoms with Crippen molar-refractivity contribution in [1.82, 2.24) is 9.88 Å². The predicted octanol–water partition coefficient (Wildman–Crippen LogP) is 0.806. The Kier molecular flexibility index (Phi) is 4.72. The van der Waals surface area contributed by atoms with Crippen molar-refractivity contribution in [2.75, 3.05) is 35.6 Å². The van der Waals surface area contributed by atoms with Crippen LogP contribution in [0.25, 0.3) is 0 Å². The van der Waals surface area contributed by atoms with E-state index in [0.717, 1.165) is 13.0 Å². The summed E-state index contributed by atoms with van der Waals surface area (Å²) in [6.07, 6.45) is 0.948. The molecule has 1 aliphatic heterocycles. The number of nitrogens with zero attached hydrogens (tertiary/aromatic N) is 2. The van der Waals surface area contributed by atoms with Gasteiger partial charge in [-0.25, -0.2) is 13.4 Å². The lowest BCUT2D eigenvalue weighted by molar-refractivity contribution is 0.0718. The van der Waals surface area contributed by atoms with Crippen molar-refractivity contribution in [3.8, 4) is 0 Å². The zero-order valence-corrected chi connectivity index (χ0v) is 13.8. The first-order valence-corrected chi connectivity index (χ1v) is 9.49. The quantitative estimate of drug-likeness (QED) is 0.845. The van der Waals surface area contributed by atoms with Crippen molar-refractivity contribution in [1.29, 1.82) is 0 Å². The van der Waals surface area contributed by atoms with E-state index < -0.39 is 9.84 Å². The van der Waals surface area contributed by atoms with Crippen LogP contribution < -0.4 is 11.1 Å². The fourth-order valence-corrected chi connectivity index (χ4v) is 4.65. The summed E-state index contributed by atoms with van der Waals surface area (Å²) in [5.74, 6) is -0.0395. The van der Waals surface area contributed by atoms with E-state index in [4.69, 9.17) is 5.73 Å². The minimum atomic E-state index is -3.05. The molecule has 3 N–H and O–H groups in total. The number of anilines is 2. The van der Waals surface area contributed by atoms with E-state index in [0.29, 0.717) is 10.0 Å². The molecule has 1 amide bonds. The Morgan fingerprint density at radius 2 is 2.29 bits per heavy atom. The van der Waals surface area contributed by atoms with E-state index >= 15 is 0 Å². The summed E-state index contributed by atoms with van der Waals surface area (Å²) >= 11 is 1.22. The normalized spacial score (nSPS) is 21.2. The van der Waals surface area contributed by atoms with Gasteiger partial charge in [0.1, 0.15) is 10.7 Å². The summed E-state index contributed by atoms with van der Waals surface area (Å²) < 4.78 is 23.1. The Morgan fingerprint density at radius 3 is 2.90 bits per heavy atom. The van der Waals surface area contributed by atoms with Crippen molar-refractivity contribution in [2.45, 2.75) is 26.3 Å². The number of aromatic nitrogens is 1. The van der Waals surface area contributed by atoms with Crippen LogP contribution in [0.1, 0.15) is 29.9 Å². The van der Waals surface area contributed by atoms with Crippen LogP contribution in [-0.4, -0.2) is 54.8 Å². The molecule has 118 valence electrons. The molecule has 1 aliphatic rings. The number of amides is 1. The van der Waals surface area contributed by atoms with Crippen LogP contribution in [0, 0.1) is 0 Å². The Labute approximate surface area is 128 Å². The van der Waals surface area contributed by atoms with Crippen LogP contribution in [0.15, 0.2) is 0 Å². The average molecular weight is 332 g/mol. The molecule has 0 saturated carbocycles. The molecule has 21 heavy (non-hydrogen) atoms. The fraction of sp³-hybridized carbons (Fsp3) is 0.667. The molecule has 2 heterocycles. The van der Waals surface area contributed by atoms with Crippen molar-refractivity contribution >= 4 is 38.0 Å². The predicted molar refractivity (Wildman–Crippen MR) is 84.5 cm³/mol. The van der Waals surface area contributed by atoms with Crippen LogP contribution in [0.2, 0.25) is 0 Å². The molecular weight excluding hydrogens is 312 g/mol. The number of carbonyl (C=O) groups is 1. The molecule has 0 aromatic carbocycles. The van der Waals surface area contributed by atoms with Gasteiger partial charge in [0.25, 0.3) is 5.91 Å². The van der Waals surface area contributed by atoms with Gasteiger partial charge in [-0.1, -0.05) is 18.3 Å². The summed E-state index contributed by atoms with van der Waals surface area (Å²) in [5, 5.41) is 3.72. The molecule has 1 saturated heterocycles. The SMILES string of the molecule is CCCNc1nc(N)c(C(=O)N2CCS(=O)(=O)CC2C)s1. The zero-order chi connectivity index (χ0) is 15.6. The van der Waals surface area contributed by atoms with Crippen LogP contribution in [0.5, 0.6) is 0 Å². The number of sulfone groups is 1. The van der Waals surface area contributed by atoms with Gasteiger partial charge in [0, 0.05) is 19.1 Å². The van der Waals surface area contributed by atoms with Crippen LogP contribution in [-0.2, 0) is 9.84 Å². The molecule has 1 atom stereocenters. The highest BCUT2D eigenvalue weighted by Gasteiger charge is 2.33. The second kappa shape index (κ2) is 6.18. The second-order valence-electron chi connectivity index (χ2n) is 5.12. The van der Waals surface area contributed by atoms with Gasteiger partial charge in [-0.15, -0.1) is 0 Å². The molecule has 7 nitrogen and oxygen atoms in total. The third-order valence-electron chi connectivity index (χ3n) is 3.31. The number of rotatable bonds is 4. The number of nitrogens with one attached hydrogen (secondary N) is 1. The molecule has 1 fully saturated rings. The number of hydrogen-bond donors (Lipinski definition) is 2. The van der Waals surface area contributed by atoms with E-state index in [-0.39, 0.29) is 35.8 Å². The number of nitrogens with two attached hydrogens (primary N) is 1. The minimum absolute atomic E-state index is 0.00160. The monoisotopic (exact) mass is 332 g/mol. The Balaban J connectivity index is 2.15. The second-order valence-corrected chi connectivity index (χ2v) is 8.35. The first-order valence-electron chi connectivity index (χ1n) is 6.85. The van der Waals surface area contributed by atoms with Gasteiger partial charge in [0.2, 0.25) is 0 Å². The van der Waals surface area contributed by atoms with Gasteiger partial charge in [-0.05, 0) is 13.3 Å². The first-order chi connectivity index (χ1) is 9.84. The van der Waals surface area contributed by atoms with Crippen LogP contribution >= 0.6 is 11.3 Å². The maximum absolute atomic E-state index is 12.5. The average Bonchev–Trinajstić information content (AvgIpc) is 2.76. The Bertz CT molecular complexity index is 626. The Hall–Kier alpha value is -1.35. The number of hydrogen-bond acceptors (Lipinski definition) is 7. The fourth-order valence-electron chi connectivity index (χ4n) is 2.22. The maximum Gasteiger partial charge on any atom is 0.268 e. The molecule has 2 rings (SSSR count). The summed E-state index contributed by atoms with van der Waals surface area (Å²) in [6, 6.07) is -0.343. The summed E-state index contributed by atoms with van der Waals surface area (Å²) in [6.45, 7) is 4.74. The van der Waals surface area contributed by atoms with Crippen LogP contribution in [0.4, 0.5) is 10.9 Å². The van der Waals surface area contributed by atoms with E-state index in [1.807, 2.05) is 6.92 Å². The highest BCUT2D eigenvalue weighted by atomic mass is 32.2. The van der Waals surface area contributed by atoms with Gasteiger partial charge >= 0.3 is 0 Å². The molecule has 1 unspecified atom stereocenters. The smallest absolute Gasteiger partial charge is 0.268 e. The molecular formula is C12H20N4O3S2. The summed E-state index contributed by atoms with van der Waals surface area (Å²) in [7, 11) is -3.05. The van der Waals surface area contributed by atoms with Gasteiger partial charge in [-0.3, -0.25) is 4.79 Å². The highest BCUT2D eigenvalue weighted by Crippen LogP contribution is 2.27. The molecule has 0 spiro atoms. The third kappa shape index (κ3) is 3.65. The van der Waals surface area contributed by atoms with Gasteiger partial charge in [0.05, 0.1) is 11.5 Å². The van der Waals surface area contributed by atoms with Crippen molar-refractivity contribution < 1.29 is 13.2 Å². The summed E-state index contributed by atoms with van der Waals surface area (Å²) in [4.78, 5) is 18.6. The maximum atomic E-state index is 12.5. The van der Waals surface area contributed by atoms with E-state index in [1.165, 1.54) is 11.3 Å². The van der Waals surface area contributed by atoms with Crippen molar-refractivity contribution in [3.63, 3.8) is 0 Å². The van der Waals surface area contributed by atoms with Gasteiger partial charge in [0.15, 0.2) is 15.0 Å². The number of nitrogen functional groups attached to an aromatic ring is 1. The van der Waals surface area contributed by atoms with E-state index in [1.54, 1.807) is 11.8 Å². The topological polar surface area (TPSA) is 105 Å². The van der Waals surface area contributed by atoms with Crippen molar-refractivity contribution in [3.05, 3.63) is 4.88 Å². The Morgan fingerprint density at radius 1 is 1.57 bits per heavy atom. The van der Waals surface area contributed by atoms with Gasteiger partial charge < -0.3 is 16.0 Å².